The molecule has 0 radical (unpaired) electrons. The van der Waals surface area contributed by atoms with Gasteiger partial charge in [0.1, 0.15) is 0 Å². The third-order valence-corrected chi connectivity index (χ3v) is 22.2. The van der Waals surface area contributed by atoms with E-state index in [1.165, 1.54) is 134 Å². The molecule has 0 unspecified atom stereocenters. The van der Waals surface area contributed by atoms with E-state index in [0.29, 0.717) is 12.1 Å². The lowest BCUT2D eigenvalue weighted by Gasteiger charge is -2.43. The number of fused-ring (bicyclic) bond motifs is 12. The molecular weight excluding hydrogens is 1090 g/mol. The number of anilines is 3. The minimum atomic E-state index is -0.138. The summed E-state index contributed by atoms with van der Waals surface area (Å²) in [5.74, 6) is 3.30. The van der Waals surface area contributed by atoms with Gasteiger partial charge in [-0.1, -0.05) is 79.7 Å². The van der Waals surface area contributed by atoms with Crippen LogP contribution < -0.4 is 31.5 Å². The quantitative estimate of drug-likeness (QED) is 0.0806. The first kappa shape index (κ1) is 59.6. The molecule has 16 heteroatoms. The topological polar surface area (TPSA) is 177 Å². The number of aliphatic hydroxyl groups is 1. The first-order valence-electron chi connectivity index (χ1n) is 34.3. The Morgan fingerprint density at radius 2 is 0.886 bits per heavy atom. The van der Waals surface area contributed by atoms with Gasteiger partial charge in [-0.25, -0.2) is 29.9 Å². The summed E-state index contributed by atoms with van der Waals surface area (Å²) in [4.78, 5) is 36.9. The monoisotopic (exact) mass is 1190 g/mol. The Hall–Kier alpha value is -5.98. The van der Waals surface area contributed by atoms with Gasteiger partial charge in [-0.3, -0.25) is 9.80 Å². The third kappa shape index (κ3) is 12.9. The molecule has 8 heterocycles. The van der Waals surface area contributed by atoms with Crippen molar-refractivity contribution in [2.45, 2.75) is 157 Å². The van der Waals surface area contributed by atoms with Crippen LogP contribution in [0.5, 0.6) is 0 Å². The molecule has 88 heavy (non-hydrogen) atoms. The van der Waals surface area contributed by atoms with E-state index in [1.807, 2.05) is 6.20 Å². The number of benzene rings is 3. The van der Waals surface area contributed by atoms with Crippen LogP contribution in [0.2, 0.25) is 0 Å². The molecule has 3 spiro atoms. The maximum atomic E-state index is 9.72. The zero-order valence-corrected chi connectivity index (χ0v) is 52.4. The van der Waals surface area contributed by atoms with Crippen molar-refractivity contribution in [3.05, 3.63) is 125 Å². The zero-order valence-electron chi connectivity index (χ0n) is 52.4. The minimum absolute atomic E-state index is 0.138. The molecule has 3 aromatic heterocycles. The number of nitrogens with one attached hydrogen (secondary N) is 5. The molecule has 2 saturated carbocycles. The number of hydrogen-bond acceptors (Lipinski definition) is 16. The van der Waals surface area contributed by atoms with Gasteiger partial charge in [0.2, 0.25) is 17.8 Å². The average molecular weight is 1190 g/mol. The highest BCUT2D eigenvalue weighted by atomic mass is 16.5. The SMILES string of the molecule is CC1CCC(Nc2ncc3c(n2)-c2ccccc2C2(CCNCC2)C3)CC1.OC1CCC(Nc2ncc3c(n2)-c2ccccc2C2(CCNCC2)C3)CC1.c1ccc2c(c1)-c1nc(N3CCN(CCCN4CCOCC4)CC3)ncc1CC21CCNCC1. The van der Waals surface area contributed by atoms with Crippen molar-refractivity contribution in [1.29, 1.82) is 0 Å². The maximum Gasteiger partial charge on any atom is 0.225 e. The Balaban J connectivity index is 0.000000117. The van der Waals surface area contributed by atoms with Crippen LogP contribution in [0.15, 0.2) is 91.4 Å². The van der Waals surface area contributed by atoms with Crippen LogP contribution in [-0.4, -0.2) is 168 Å². The van der Waals surface area contributed by atoms with Crippen LogP contribution in [-0.2, 0) is 40.2 Å². The second-order valence-corrected chi connectivity index (χ2v) is 27.8. The Morgan fingerprint density at radius 3 is 1.34 bits per heavy atom. The highest BCUT2D eigenvalue weighted by Crippen LogP contribution is 2.50. The summed E-state index contributed by atoms with van der Waals surface area (Å²) in [6.45, 7) is 19.4. The second kappa shape index (κ2) is 26.8. The first-order valence-corrected chi connectivity index (χ1v) is 34.3. The number of hydrogen-bond donors (Lipinski definition) is 6. The van der Waals surface area contributed by atoms with E-state index >= 15 is 0 Å². The lowest BCUT2D eigenvalue weighted by Crippen LogP contribution is -2.48. The van der Waals surface area contributed by atoms with Gasteiger partial charge < -0.3 is 41.3 Å². The lowest BCUT2D eigenvalue weighted by atomic mass is 9.64. The number of ether oxygens (including phenoxy) is 1. The van der Waals surface area contributed by atoms with E-state index in [1.54, 1.807) is 0 Å². The van der Waals surface area contributed by atoms with E-state index in [4.69, 9.17) is 29.7 Å². The number of rotatable bonds is 9. The van der Waals surface area contributed by atoms with Crippen LogP contribution in [0.3, 0.4) is 0 Å². The summed E-state index contributed by atoms with van der Waals surface area (Å²) in [5, 5.41) is 27.4. The van der Waals surface area contributed by atoms with Crippen molar-refractivity contribution in [2.24, 2.45) is 5.92 Å². The van der Waals surface area contributed by atoms with Crippen LogP contribution in [0.4, 0.5) is 17.8 Å². The predicted octanol–water partition coefficient (Wildman–Crippen LogP) is 9.51. The fourth-order valence-corrected chi connectivity index (χ4v) is 17.0. The maximum absolute atomic E-state index is 9.72. The van der Waals surface area contributed by atoms with E-state index in [-0.39, 0.29) is 22.3 Å². The van der Waals surface area contributed by atoms with Crippen LogP contribution in [0.1, 0.15) is 137 Å². The van der Waals surface area contributed by atoms with Gasteiger partial charge in [0.15, 0.2) is 0 Å². The largest absolute Gasteiger partial charge is 0.393 e. The highest BCUT2D eigenvalue weighted by molar-refractivity contribution is 5.75. The van der Waals surface area contributed by atoms with Crippen LogP contribution in [0, 0.1) is 5.92 Å². The van der Waals surface area contributed by atoms with Crippen molar-refractivity contribution >= 4 is 17.8 Å². The standard InChI is InChI=1S/C27H38N6O.C23H30N4.C22H28N4O/c1-2-5-24-23(4-1)25-22(20-27(24)6-8-28-9-7-27)21-29-26(30-25)33-14-12-31(13-15-33)10-3-11-32-16-18-34-19-17-32;1-16-6-8-18(9-7-16)26-22-25-15-17-14-23(10-12-24-13-11-23)20-5-3-2-4-19(20)21(17)27-22;27-17-7-5-16(6-8-17)25-21-24-14-15-13-22(9-11-23-12-10-22)19-4-2-1-3-18(19)20(15)26-21/h1-2,4-5,21,28H,3,6-20H2;2-5,15-16,18,24H,6-14H2,1H3,(H,25,26,27);1-4,14,16-17,23,27H,5-13H2,(H,24,25,26). The van der Waals surface area contributed by atoms with E-state index < -0.39 is 0 Å². The molecule has 16 nitrogen and oxygen atoms in total. The van der Waals surface area contributed by atoms with Gasteiger partial charge in [0, 0.05) is 103 Å². The summed E-state index contributed by atoms with van der Waals surface area (Å²) in [7, 11) is 0. The molecule has 5 aliphatic heterocycles. The Morgan fingerprint density at radius 1 is 0.489 bits per heavy atom. The summed E-state index contributed by atoms with van der Waals surface area (Å²) in [5.41, 5.74) is 16.5. The predicted molar refractivity (Wildman–Crippen MR) is 352 cm³/mol. The number of morpholine rings is 1. The molecule has 7 fully saturated rings. The molecule has 466 valence electrons. The molecule has 5 aliphatic carbocycles. The fourth-order valence-electron chi connectivity index (χ4n) is 17.0. The molecule has 5 saturated heterocycles. The molecule has 10 aliphatic rings. The number of aliphatic hydroxyl groups excluding tert-OH is 1. The molecule has 16 rings (SSSR count). The summed E-state index contributed by atoms with van der Waals surface area (Å²) in [6.07, 6.45) is 26.4. The molecule has 6 aromatic rings. The van der Waals surface area contributed by atoms with E-state index in [0.717, 1.165) is 178 Å². The van der Waals surface area contributed by atoms with E-state index in [9.17, 15) is 5.11 Å². The number of nitrogens with zero attached hydrogens (tertiary/aromatic N) is 9. The first-order chi connectivity index (χ1) is 43.3. The van der Waals surface area contributed by atoms with Crippen molar-refractivity contribution < 1.29 is 9.84 Å². The van der Waals surface area contributed by atoms with Gasteiger partial charge in [0.25, 0.3) is 0 Å². The zero-order chi connectivity index (χ0) is 59.3. The van der Waals surface area contributed by atoms with Crippen molar-refractivity contribution in [1.82, 2.24) is 55.7 Å². The number of piperidine rings is 3. The van der Waals surface area contributed by atoms with Crippen molar-refractivity contribution in [3.8, 4) is 33.8 Å². The molecule has 0 bridgehead atoms. The Bertz CT molecular complexity index is 3170. The van der Waals surface area contributed by atoms with Gasteiger partial charge in [-0.2, -0.15) is 0 Å². The highest BCUT2D eigenvalue weighted by Gasteiger charge is 2.44. The smallest absolute Gasteiger partial charge is 0.225 e. The van der Waals surface area contributed by atoms with Crippen molar-refractivity contribution in [3.63, 3.8) is 0 Å². The molecule has 0 amide bonds. The van der Waals surface area contributed by atoms with Gasteiger partial charge in [-0.15, -0.1) is 0 Å². The van der Waals surface area contributed by atoms with E-state index in [2.05, 4.69) is 138 Å². The number of piperazine rings is 1. The van der Waals surface area contributed by atoms with Crippen molar-refractivity contribution in [2.75, 3.05) is 120 Å². The Kier molecular flexibility index (Phi) is 18.2. The second-order valence-electron chi connectivity index (χ2n) is 27.8. The van der Waals surface area contributed by atoms with Crippen LogP contribution >= 0.6 is 0 Å². The summed E-state index contributed by atoms with van der Waals surface area (Å²) < 4.78 is 5.46. The molecule has 0 atom stereocenters. The lowest BCUT2D eigenvalue weighted by molar-refractivity contribution is 0.0360. The summed E-state index contributed by atoms with van der Waals surface area (Å²) >= 11 is 0. The van der Waals surface area contributed by atoms with Gasteiger partial charge in [0.05, 0.1) is 36.4 Å². The van der Waals surface area contributed by atoms with Gasteiger partial charge in [-0.05, 0) is 207 Å². The molecule has 6 N–H and O–H groups in total. The summed E-state index contributed by atoms with van der Waals surface area (Å²) in [6, 6.07) is 27.6. The fraction of sp³-hybridized carbons (Fsp3) is 0.583. The number of aromatic nitrogens is 6. The average Bonchev–Trinajstić information content (AvgIpc) is 2.19. The Labute approximate surface area is 522 Å². The van der Waals surface area contributed by atoms with Gasteiger partial charge >= 0.3 is 0 Å². The normalized spacial score (nSPS) is 25.0. The van der Waals surface area contributed by atoms with Crippen LogP contribution in [0.25, 0.3) is 33.8 Å². The molecule has 3 aromatic carbocycles. The molecular formula is C72H96N14O2. The minimum Gasteiger partial charge on any atom is -0.393 e. The third-order valence-electron chi connectivity index (χ3n) is 22.2.